The molecule has 1 fully saturated rings. The summed E-state index contributed by atoms with van der Waals surface area (Å²) in [6.07, 6.45) is 1.18. The van der Waals surface area contributed by atoms with Gasteiger partial charge >= 0.3 is 12.0 Å². The van der Waals surface area contributed by atoms with E-state index in [1.807, 2.05) is 0 Å². The van der Waals surface area contributed by atoms with Crippen molar-refractivity contribution in [3.05, 3.63) is 29.3 Å². The van der Waals surface area contributed by atoms with E-state index in [1.54, 1.807) is 29.2 Å². The van der Waals surface area contributed by atoms with Crippen molar-refractivity contribution in [1.29, 1.82) is 0 Å². The molecule has 2 N–H and O–H groups in total. The third-order valence-corrected chi connectivity index (χ3v) is 3.52. The van der Waals surface area contributed by atoms with Gasteiger partial charge in [0.25, 0.3) is 0 Å². The highest BCUT2D eigenvalue weighted by Gasteiger charge is 2.23. The van der Waals surface area contributed by atoms with Crippen LogP contribution in [0.2, 0.25) is 5.02 Å². The number of hydrogen-bond acceptors (Lipinski definition) is 3. The van der Waals surface area contributed by atoms with E-state index in [1.165, 1.54) is 0 Å². The largest absolute Gasteiger partial charge is 0.480 e. The van der Waals surface area contributed by atoms with Gasteiger partial charge in [-0.2, -0.15) is 0 Å². The van der Waals surface area contributed by atoms with E-state index < -0.39 is 5.97 Å². The highest BCUT2D eigenvalue weighted by atomic mass is 35.5. The molecule has 0 spiro atoms. The summed E-state index contributed by atoms with van der Waals surface area (Å²) < 4.78 is 5.23. The summed E-state index contributed by atoms with van der Waals surface area (Å²) in [5.74, 6) is -0.974. The molecule has 1 aromatic carbocycles. The van der Waals surface area contributed by atoms with Crippen molar-refractivity contribution >= 4 is 29.3 Å². The van der Waals surface area contributed by atoms with Gasteiger partial charge in [-0.05, 0) is 37.1 Å². The van der Waals surface area contributed by atoms with Crippen LogP contribution in [0.25, 0.3) is 0 Å². The molecule has 1 saturated heterocycles. The smallest absolute Gasteiger partial charge is 0.329 e. The average molecular weight is 313 g/mol. The van der Waals surface area contributed by atoms with Crippen molar-refractivity contribution in [1.82, 2.24) is 4.90 Å². The van der Waals surface area contributed by atoms with E-state index in [0.29, 0.717) is 36.6 Å². The first-order valence-corrected chi connectivity index (χ1v) is 7.07. The number of amides is 2. The molecular formula is C14H17ClN2O4. The second-order valence-corrected chi connectivity index (χ2v) is 5.26. The first kappa shape index (κ1) is 15.6. The van der Waals surface area contributed by atoms with E-state index >= 15 is 0 Å². The van der Waals surface area contributed by atoms with Crippen LogP contribution in [0.4, 0.5) is 10.5 Å². The van der Waals surface area contributed by atoms with E-state index in [-0.39, 0.29) is 18.7 Å². The number of carboxylic acids is 1. The fraction of sp³-hybridized carbons (Fsp3) is 0.429. The van der Waals surface area contributed by atoms with E-state index in [9.17, 15) is 9.59 Å². The van der Waals surface area contributed by atoms with Gasteiger partial charge in [0, 0.05) is 23.8 Å². The number of benzene rings is 1. The van der Waals surface area contributed by atoms with Crippen molar-refractivity contribution in [3.63, 3.8) is 0 Å². The molecule has 0 unspecified atom stereocenters. The number of hydrogen-bond donors (Lipinski definition) is 2. The molecular weight excluding hydrogens is 296 g/mol. The molecule has 1 aliphatic rings. The fourth-order valence-corrected chi connectivity index (χ4v) is 2.28. The number of nitrogens with zero attached hydrogens (tertiary/aromatic N) is 1. The van der Waals surface area contributed by atoms with Gasteiger partial charge in [-0.15, -0.1) is 0 Å². The lowest BCUT2D eigenvalue weighted by Crippen LogP contribution is -2.43. The molecule has 0 bridgehead atoms. The number of halogens is 1. The minimum absolute atomic E-state index is 0.0966. The molecule has 1 aliphatic heterocycles. The number of piperidine rings is 1. The van der Waals surface area contributed by atoms with E-state index in [0.717, 1.165) is 0 Å². The Hall–Kier alpha value is -1.79. The summed E-state index contributed by atoms with van der Waals surface area (Å²) in [5.41, 5.74) is 0.689. The van der Waals surface area contributed by atoms with Crippen LogP contribution >= 0.6 is 11.6 Å². The Morgan fingerprint density at radius 1 is 1.29 bits per heavy atom. The zero-order chi connectivity index (χ0) is 15.2. The number of carbonyl (C=O) groups excluding carboxylic acids is 1. The number of carbonyl (C=O) groups is 2. The second-order valence-electron chi connectivity index (χ2n) is 4.83. The molecule has 2 rings (SSSR count). The Bertz CT molecular complexity index is 498. The molecule has 6 nitrogen and oxygen atoms in total. The van der Waals surface area contributed by atoms with Gasteiger partial charge in [0.05, 0.1) is 6.10 Å². The summed E-state index contributed by atoms with van der Waals surface area (Å²) in [7, 11) is 0. The minimum atomic E-state index is -0.974. The number of likely N-dealkylation sites (tertiary alicyclic amines) is 1. The van der Waals surface area contributed by atoms with Gasteiger partial charge in [-0.1, -0.05) is 11.6 Å². The first-order valence-electron chi connectivity index (χ1n) is 6.69. The molecule has 21 heavy (non-hydrogen) atoms. The fourth-order valence-electron chi connectivity index (χ4n) is 2.15. The maximum Gasteiger partial charge on any atom is 0.329 e. The van der Waals surface area contributed by atoms with Gasteiger partial charge in [-0.3, -0.25) is 0 Å². The maximum atomic E-state index is 12.1. The number of ether oxygens (including phenoxy) is 1. The van der Waals surface area contributed by atoms with Crippen LogP contribution in [0.1, 0.15) is 12.8 Å². The van der Waals surface area contributed by atoms with Crippen LogP contribution in [0.15, 0.2) is 24.3 Å². The molecule has 0 atom stereocenters. The van der Waals surface area contributed by atoms with Crippen LogP contribution in [0.3, 0.4) is 0 Å². The summed E-state index contributed by atoms with van der Waals surface area (Å²) in [6, 6.07) is 6.73. The Balaban J connectivity index is 1.77. The lowest BCUT2D eigenvalue weighted by atomic mass is 10.1. The number of urea groups is 1. The molecule has 1 aromatic rings. The number of nitrogens with one attached hydrogen (secondary N) is 1. The third-order valence-electron chi connectivity index (χ3n) is 3.27. The predicted molar refractivity (Wildman–Crippen MR) is 78.7 cm³/mol. The van der Waals surface area contributed by atoms with Crippen LogP contribution in [-0.4, -0.2) is 47.8 Å². The lowest BCUT2D eigenvalue weighted by Gasteiger charge is -2.31. The first-order chi connectivity index (χ1) is 10.0. The van der Waals surface area contributed by atoms with Crippen molar-refractivity contribution in [2.24, 2.45) is 0 Å². The van der Waals surface area contributed by atoms with Crippen LogP contribution in [0, 0.1) is 0 Å². The van der Waals surface area contributed by atoms with Crippen LogP contribution in [0.5, 0.6) is 0 Å². The highest BCUT2D eigenvalue weighted by Crippen LogP contribution is 2.17. The van der Waals surface area contributed by atoms with Crippen molar-refractivity contribution in [2.45, 2.75) is 18.9 Å². The molecule has 7 heteroatoms. The highest BCUT2D eigenvalue weighted by molar-refractivity contribution is 6.30. The van der Waals surface area contributed by atoms with E-state index in [2.05, 4.69) is 5.32 Å². The van der Waals surface area contributed by atoms with E-state index in [4.69, 9.17) is 21.4 Å². The minimum Gasteiger partial charge on any atom is -0.480 e. The zero-order valence-corrected chi connectivity index (χ0v) is 12.2. The zero-order valence-electron chi connectivity index (χ0n) is 11.4. The Morgan fingerprint density at radius 2 is 1.90 bits per heavy atom. The molecule has 0 aromatic heterocycles. The van der Waals surface area contributed by atoms with Gasteiger partial charge in [0.1, 0.15) is 6.61 Å². The standard InChI is InChI=1S/C14H17ClN2O4/c15-10-1-3-11(4-2-10)16-14(20)17-7-5-12(6-8-17)21-9-13(18)19/h1-4,12H,5-9H2,(H,16,20)(H,18,19). The molecule has 1 heterocycles. The quantitative estimate of drug-likeness (QED) is 0.895. The topological polar surface area (TPSA) is 78.9 Å². The number of aliphatic carboxylic acids is 1. The van der Waals surface area contributed by atoms with Gasteiger partial charge in [-0.25, -0.2) is 9.59 Å². The SMILES string of the molecule is O=C(O)COC1CCN(C(=O)Nc2ccc(Cl)cc2)CC1. The lowest BCUT2D eigenvalue weighted by molar-refractivity contribution is -0.145. The monoisotopic (exact) mass is 312 g/mol. The summed E-state index contributed by atoms with van der Waals surface area (Å²) >= 11 is 5.79. The average Bonchev–Trinajstić information content (AvgIpc) is 2.48. The summed E-state index contributed by atoms with van der Waals surface area (Å²) in [6.45, 7) is 0.801. The van der Waals surface area contributed by atoms with Crippen molar-refractivity contribution in [3.8, 4) is 0 Å². The maximum absolute atomic E-state index is 12.1. The predicted octanol–water partition coefficient (Wildman–Crippen LogP) is 2.44. The summed E-state index contributed by atoms with van der Waals surface area (Å²) in [5, 5.41) is 12.0. The Morgan fingerprint density at radius 3 is 2.48 bits per heavy atom. The van der Waals surface area contributed by atoms with Gasteiger partial charge < -0.3 is 20.1 Å². The normalized spacial score (nSPS) is 15.8. The number of carboxylic acid groups (broad SMARTS) is 1. The van der Waals surface area contributed by atoms with Crippen LogP contribution < -0.4 is 5.32 Å². The molecule has 0 radical (unpaired) electrons. The summed E-state index contributed by atoms with van der Waals surface area (Å²) in [4.78, 5) is 24.2. The third kappa shape index (κ3) is 4.91. The number of rotatable bonds is 4. The van der Waals surface area contributed by atoms with Crippen molar-refractivity contribution in [2.75, 3.05) is 25.0 Å². The van der Waals surface area contributed by atoms with Crippen molar-refractivity contribution < 1.29 is 19.4 Å². The van der Waals surface area contributed by atoms with Gasteiger partial charge in [0.15, 0.2) is 0 Å². The Kier molecular flexibility index (Phi) is 5.41. The Labute approximate surface area is 127 Å². The molecule has 0 saturated carbocycles. The molecule has 114 valence electrons. The van der Waals surface area contributed by atoms with Crippen LogP contribution in [-0.2, 0) is 9.53 Å². The second kappa shape index (κ2) is 7.28. The number of anilines is 1. The van der Waals surface area contributed by atoms with Gasteiger partial charge in [0.2, 0.25) is 0 Å². The molecule has 0 aliphatic carbocycles. The molecule has 2 amide bonds.